The number of aryl methyl sites for hydroxylation is 1. The van der Waals surface area contributed by atoms with Gasteiger partial charge in [-0.1, -0.05) is 24.3 Å². The van der Waals surface area contributed by atoms with Crippen molar-refractivity contribution < 1.29 is 10.2 Å². The number of phenols is 1. The van der Waals surface area contributed by atoms with Gasteiger partial charge in [-0.25, -0.2) is 0 Å². The molecule has 0 aromatic heterocycles. The number of hydrogen-bond donors (Lipinski definition) is 3. The van der Waals surface area contributed by atoms with Gasteiger partial charge < -0.3 is 20.4 Å². The molecule has 1 unspecified atom stereocenters. The van der Waals surface area contributed by atoms with Crippen molar-refractivity contribution in [3.63, 3.8) is 0 Å². The Hall–Kier alpha value is -2.11. The van der Waals surface area contributed by atoms with Crippen molar-refractivity contribution in [2.45, 2.75) is 20.0 Å². The van der Waals surface area contributed by atoms with Crippen LogP contribution in [0.4, 0.5) is 5.69 Å². The van der Waals surface area contributed by atoms with Crippen LogP contribution in [0.25, 0.3) is 0 Å². The molecule has 0 aliphatic carbocycles. The van der Waals surface area contributed by atoms with Gasteiger partial charge in [0.05, 0.1) is 12.6 Å². The lowest BCUT2D eigenvalue weighted by Gasteiger charge is -2.27. The van der Waals surface area contributed by atoms with Crippen LogP contribution in [0, 0.1) is 6.92 Å². The second-order valence-corrected chi connectivity index (χ2v) is 5.84. The Bertz CT molecular complexity index is 676. The fourth-order valence-corrected chi connectivity index (χ4v) is 2.65. The normalized spacial score (nSPS) is 11.8. The van der Waals surface area contributed by atoms with Gasteiger partial charge in [0, 0.05) is 12.2 Å². The summed E-state index contributed by atoms with van der Waals surface area (Å²) >= 11 is 5.45. The first kappa shape index (κ1) is 17.2. The quantitative estimate of drug-likeness (QED) is 0.733. The van der Waals surface area contributed by atoms with Gasteiger partial charge in [-0.2, -0.15) is 0 Å². The predicted octanol–water partition coefficient (Wildman–Crippen LogP) is 3.45. The van der Waals surface area contributed by atoms with Crippen molar-refractivity contribution in [3.8, 4) is 5.75 Å². The van der Waals surface area contributed by atoms with Gasteiger partial charge in [0.15, 0.2) is 5.11 Å². The number of thiocarbonyl (C=S) groups is 1. The summed E-state index contributed by atoms with van der Waals surface area (Å²) in [5.41, 5.74) is 2.75. The fraction of sp³-hybridized carbons (Fsp3) is 0.278. The minimum absolute atomic E-state index is 0.144. The first-order valence-electron chi connectivity index (χ1n) is 7.59. The molecule has 2 aromatic carbocycles. The Kier molecular flexibility index (Phi) is 5.96. The van der Waals surface area contributed by atoms with E-state index in [-0.39, 0.29) is 5.75 Å². The first-order valence-corrected chi connectivity index (χ1v) is 8.00. The monoisotopic (exact) mass is 330 g/mol. The smallest absolute Gasteiger partial charge is 0.173 e. The lowest BCUT2D eigenvalue weighted by molar-refractivity contribution is 0.146. The number of aromatic hydroxyl groups is 1. The number of rotatable bonds is 5. The summed E-state index contributed by atoms with van der Waals surface area (Å²) in [5.74, 6) is 0.144. The van der Waals surface area contributed by atoms with Crippen LogP contribution in [-0.4, -0.2) is 33.3 Å². The van der Waals surface area contributed by atoms with Crippen LogP contribution in [0.3, 0.4) is 0 Å². The highest BCUT2D eigenvalue weighted by Crippen LogP contribution is 2.19. The van der Waals surface area contributed by atoms with Crippen molar-refractivity contribution in [2.75, 3.05) is 18.4 Å². The molecule has 0 radical (unpaired) electrons. The Morgan fingerprint density at radius 2 is 1.96 bits per heavy atom. The van der Waals surface area contributed by atoms with Crippen LogP contribution in [0.5, 0.6) is 5.75 Å². The Labute approximate surface area is 142 Å². The summed E-state index contributed by atoms with van der Waals surface area (Å²) in [7, 11) is 0. The number of aliphatic hydroxyl groups excluding tert-OH is 1. The maximum absolute atomic E-state index is 10.4. The number of benzene rings is 2. The van der Waals surface area contributed by atoms with Crippen molar-refractivity contribution >= 4 is 23.0 Å². The molecule has 0 amide bonds. The molecule has 2 aromatic rings. The number of likely N-dealkylation sites (N-methyl/N-ethyl adjacent to an activating group) is 1. The average molecular weight is 330 g/mol. The van der Waals surface area contributed by atoms with Crippen molar-refractivity contribution in [3.05, 3.63) is 59.7 Å². The van der Waals surface area contributed by atoms with Gasteiger partial charge in [-0.05, 0) is 61.5 Å². The lowest BCUT2D eigenvalue weighted by atomic mass is 10.1. The van der Waals surface area contributed by atoms with Crippen molar-refractivity contribution in [1.29, 1.82) is 0 Å². The molecule has 0 saturated carbocycles. The maximum Gasteiger partial charge on any atom is 0.173 e. The SMILES string of the molecule is CCN(CC(O)c1cccc(O)c1)C(=S)Nc1cccc(C)c1. The molecular weight excluding hydrogens is 308 g/mol. The van der Waals surface area contributed by atoms with E-state index < -0.39 is 6.10 Å². The minimum atomic E-state index is -0.723. The molecule has 0 spiro atoms. The van der Waals surface area contributed by atoms with E-state index in [9.17, 15) is 10.2 Å². The zero-order valence-electron chi connectivity index (χ0n) is 13.4. The molecule has 0 bridgehead atoms. The standard InChI is InChI=1S/C18H22N2O2S/c1-3-20(12-17(22)14-7-5-9-16(21)11-14)18(23)19-15-8-4-6-13(2)10-15/h4-11,17,21-22H,3,12H2,1-2H3,(H,19,23). The van der Waals surface area contributed by atoms with E-state index in [1.54, 1.807) is 24.3 Å². The number of nitrogens with one attached hydrogen (secondary N) is 1. The number of nitrogens with zero attached hydrogens (tertiary/aromatic N) is 1. The Morgan fingerprint density at radius 1 is 1.22 bits per heavy atom. The van der Waals surface area contributed by atoms with Crippen LogP contribution in [0.1, 0.15) is 24.2 Å². The number of aliphatic hydroxyl groups is 1. The molecule has 0 aliphatic rings. The predicted molar refractivity (Wildman–Crippen MR) is 97.7 cm³/mol. The van der Waals surface area contributed by atoms with Crippen LogP contribution < -0.4 is 5.32 Å². The zero-order chi connectivity index (χ0) is 16.8. The summed E-state index contributed by atoms with van der Waals surface area (Å²) in [6, 6.07) is 14.6. The third-order valence-electron chi connectivity index (χ3n) is 3.59. The van der Waals surface area contributed by atoms with E-state index in [4.69, 9.17) is 12.2 Å². The largest absolute Gasteiger partial charge is 0.508 e. The molecule has 4 nitrogen and oxygen atoms in total. The molecule has 0 heterocycles. The third-order valence-corrected chi connectivity index (χ3v) is 3.95. The van der Waals surface area contributed by atoms with E-state index >= 15 is 0 Å². The molecule has 0 aliphatic heterocycles. The minimum Gasteiger partial charge on any atom is -0.508 e. The zero-order valence-corrected chi connectivity index (χ0v) is 14.2. The van der Waals surface area contributed by atoms with Gasteiger partial charge in [0.1, 0.15) is 5.75 Å². The van der Waals surface area contributed by atoms with E-state index in [0.717, 1.165) is 11.3 Å². The van der Waals surface area contributed by atoms with Crippen molar-refractivity contribution in [2.24, 2.45) is 0 Å². The van der Waals surface area contributed by atoms with E-state index in [1.165, 1.54) is 0 Å². The second-order valence-electron chi connectivity index (χ2n) is 5.45. The Morgan fingerprint density at radius 3 is 2.61 bits per heavy atom. The van der Waals surface area contributed by atoms with Gasteiger partial charge >= 0.3 is 0 Å². The number of anilines is 1. The highest BCUT2D eigenvalue weighted by atomic mass is 32.1. The van der Waals surface area contributed by atoms with Crippen LogP contribution >= 0.6 is 12.2 Å². The maximum atomic E-state index is 10.4. The fourth-order valence-electron chi connectivity index (χ4n) is 2.33. The molecule has 0 fully saturated rings. The van der Waals surface area contributed by atoms with Crippen molar-refractivity contribution in [1.82, 2.24) is 4.90 Å². The highest BCUT2D eigenvalue weighted by Gasteiger charge is 2.15. The molecule has 5 heteroatoms. The van der Waals surface area contributed by atoms with E-state index in [1.807, 2.05) is 43.0 Å². The molecule has 2 rings (SSSR count). The molecule has 1 atom stereocenters. The average Bonchev–Trinajstić information content (AvgIpc) is 2.52. The second kappa shape index (κ2) is 7.94. The summed E-state index contributed by atoms with van der Waals surface area (Å²) in [4.78, 5) is 1.90. The van der Waals surface area contributed by atoms with Crippen LogP contribution in [0.2, 0.25) is 0 Å². The van der Waals surface area contributed by atoms with E-state index in [2.05, 4.69) is 5.32 Å². The lowest BCUT2D eigenvalue weighted by Crippen LogP contribution is -2.37. The van der Waals surface area contributed by atoms with Crippen LogP contribution in [-0.2, 0) is 0 Å². The number of phenolic OH excluding ortho intramolecular Hbond substituents is 1. The summed E-state index contributed by atoms with van der Waals surface area (Å²) < 4.78 is 0. The van der Waals surface area contributed by atoms with Gasteiger partial charge in [-0.15, -0.1) is 0 Å². The molecule has 23 heavy (non-hydrogen) atoms. The molecular formula is C18H22N2O2S. The number of hydrogen-bond acceptors (Lipinski definition) is 3. The topological polar surface area (TPSA) is 55.7 Å². The molecule has 3 N–H and O–H groups in total. The van der Waals surface area contributed by atoms with E-state index in [0.29, 0.717) is 23.8 Å². The Balaban J connectivity index is 2.02. The summed E-state index contributed by atoms with van der Waals surface area (Å²) in [6.07, 6.45) is -0.723. The third kappa shape index (κ3) is 4.94. The molecule has 122 valence electrons. The van der Waals surface area contributed by atoms with Gasteiger partial charge in [-0.3, -0.25) is 0 Å². The van der Waals surface area contributed by atoms with Gasteiger partial charge in [0.2, 0.25) is 0 Å². The summed E-state index contributed by atoms with van der Waals surface area (Å²) in [6.45, 7) is 5.04. The first-order chi connectivity index (χ1) is 11.0. The highest BCUT2D eigenvalue weighted by molar-refractivity contribution is 7.80. The molecule has 0 saturated heterocycles. The summed E-state index contributed by atoms with van der Waals surface area (Å²) in [5, 5.41) is 23.7. The van der Waals surface area contributed by atoms with Crippen LogP contribution in [0.15, 0.2) is 48.5 Å². The van der Waals surface area contributed by atoms with Gasteiger partial charge in [0.25, 0.3) is 0 Å².